The number of aliphatic hydroxyl groups is 1. The molecule has 0 saturated heterocycles. The van der Waals surface area contributed by atoms with Crippen LogP contribution in [0, 0.1) is 5.41 Å². The summed E-state index contributed by atoms with van der Waals surface area (Å²) in [6.45, 7) is 3.62. The van der Waals surface area contributed by atoms with Crippen molar-refractivity contribution in [2.24, 2.45) is 5.41 Å². The van der Waals surface area contributed by atoms with Gasteiger partial charge < -0.3 is 9.84 Å². The molecule has 0 aliphatic rings. The molecule has 1 unspecified atom stereocenters. The maximum atomic E-state index is 11.8. The highest BCUT2D eigenvalue weighted by Crippen LogP contribution is 2.36. The van der Waals surface area contributed by atoms with Crippen LogP contribution < -0.4 is 0 Å². The van der Waals surface area contributed by atoms with E-state index >= 15 is 0 Å². The fraction of sp³-hybridized carbons (Fsp3) is 0.500. The summed E-state index contributed by atoms with van der Waals surface area (Å²) in [7, 11) is 0. The van der Waals surface area contributed by atoms with E-state index in [4.69, 9.17) is 9.84 Å². The Hall–Kier alpha value is -0.870. The van der Waals surface area contributed by atoms with Crippen LogP contribution in [0.25, 0.3) is 0 Å². The first-order chi connectivity index (χ1) is 8.47. The summed E-state index contributed by atoms with van der Waals surface area (Å²) in [5, 5.41) is 8.65. The van der Waals surface area contributed by atoms with Crippen molar-refractivity contribution in [3.8, 4) is 0 Å². The van der Waals surface area contributed by atoms with Gasteiger partial charge in [-0.25, -0.2) is 0 Å². The fourth-order valence-corrected chi connectivity index (χ4v) is 2.76. The molecule has 0 radical (unpaired) electrons. The van der Waals surface area contributed by atoms with Crippen LogP contribution in [0.15, 0.2) is 30.3 Å². The van der Waals surface area contributed by atoms with Crippen molar-refractivity contribution in [2.75, 3.05) is 13.2 Å². The first-order valence-electron chi connectivity index (χ1n) is 5.94. The molecule has 18 heavy (non-hydrogen) atoms. The average molecular weight is 315 g/mol. The molecule has 1 rings (SSSR count). The Morgan fingerprint density at radius 3 is 2.56 bits per heavy atom. The van der Waals surface area contributed by atoms with Crippen LogP contribution in [0.5, 0.6) is 0 Å². The normalized spacial score (nSPS) is 13.1. The summed E-state index contributed by atoms with van der Waals surface area (Å²) in [6, 6.07) is 9.95. The number of halogens is 1. The third-order valence-electron chi connectivity index (χ3n) is 2.73. The van der Waals surface area contributed by atoms with E-state index in [0.29, 0.717) is 6.42 Å². The van der Waals surface area contributed by atoms with Crippen LogP contribution >= 0.6 is 15.9 Å². The lowest BCUT2D eigenvalue weighted by Crippen LogP contribution is -2.28. The lowest BCUT2D eigenvalue weighted by molar-refractivity contribution is -0.155. The van der Waals surface area contributed by atoms with Crippen molar-refractivity contribution < 1.29 is 14.6 Å². The maximum Gasteiger partial charge on any atom is 0.311 e. The van der Waals surface area contributed by atoms with Crippen LogP contribution in [0.2, 0.25) is 0 Å². The van der Waals surface area contributed by atoms with Crippen LogP contribution in [0.4, 0.5) is 0 Å². The first-order valence-corrected chi connectivity index (χ1v) is 6.86. The van der Waals surface area contributed by atoms with Gasteiger partial charge in [-0.3, -0.25) is 4.79 Å². The molecule has 1 aromatic carbocycles. The van der Waals surface area contributed by atoms with Gasteiger partial charge in [-0.2, -0.15) is 0 Å². The van der Waals surface area contributed by atoms with Crippen molar-refractivity contribution in [2.45, 2.75) is 25.1 Å². The van der Waals surface area contributed by atoms with Gasteiger partial charge in [0.05, 0.1) is 12.0 Å². The van der Waals surface area contributed by atoms with Gasteiger partial charge in [0.15, 0.2) is 0 Å². The number of benzene rings is 1. The van der Waals surface area contributed by atoms with Gasteiger partial charge in [0, 0.05) is 4.83 Å². The summed E-state index contributed by atoms with van der Waals surface area (Å²) in [4.78, 5) is 11.9. The SMILES string of the molecule is CC(C)(CC(Br)c1ccccc1)C(=O)OCCO. The zero-order chi connectivity index (χ0) is 13.6. The molecule has 1 N–H and O–H groups in total. The minimum absolute atomic E-state index is 0.0561. The highest BCUT2D eigenvalue weighted by molar-refractivity contribution is 9.09. The number of hydrogen-bond donors (Lipinski definition) is 1. The molecule has 0 fully saturated rings. The minimum Gasteiger partial charge on any atom is -0.463 e. The van der Waals surface area contributed by atoms with E-state index in [1.165, 1.54) is 0 Å². The molecule has 100 valence electrons. The van der Waals surface area contributed by atoms with Crippen molar-refractivity contribution in [3.63, 3.8) is 0 Å². The number of rotatable bonds is 6. The molecule has 0 spiro atoms. The lowest BCUT2D eigenvalue weighted by atomic mass is 9.86. The van der Waals surface area contributed by atoms with Gasteiger partial charge in [-0.1, -0.05) is 46.3 Å². The lowest BCUT2D eigenvalue weighted by Gasteiger charge is -2.25. The monoisotopic (exact) mass is 314 g/mol. The van der Waals surface area contributed by atoms with Gasteiger partial charge in [-0.05, 0) is 25.8 Å². The summed E-state index contributed by atoms with van der Waals surface area (Å²) in [5.74, 6) is -0.281. The first kappa shape index (κ1) is 15.2. The second-order valence-electron chi connectivity index (χ2n) is 4.83. The van der Waals surface area contributed by atoms with E-state index < -0.39 is 5.41 Å². The van der Waals surface area contributed by atoms with E-state index in [2.05, 4.69) is 15.9 Å². The predicted molar refractivity (Wildman–Crippen MR) is 74.6 cm³/mol. The smallest absolute Gasteiger partial charge is 0.311 e. The van der Waals surface area contributed by atoms with Gasteiger partial charge in [0.2, 0.25) is 0 Å². The predicted octanol–water partition coefficient (Wildman–Crippen LogP) is 3.07. The van der Waals surface area contributed by atoms with Gasteiger partial charge >= 0.3 is 5.97 Å². The van der Waals surface area contributed by atoms with E-state index in [0.717, 1.165) is 5.56 Å². The number of aliphatic hydroxyl groups excluding tert-OH is 1. The number of carbonyl (C=O) groups is 1. The number of esters is 1. The molecular weight excluding hydrogens is 296 g/mol. The van der Waals surface area contributed by atoms with E-state index in [9.17, 15) is 4.79 Å². The van der Waals surface area contributed by atoms with Crippen molar-refractivity contribution >= 4 is 21.9 Å². The van der Waals surface area contributed by atoms with Crippen LogP contribution in [-0.2, 0) is 9.53 Å². The molecule has 0 aromatic heterocycles. The van der Waals surface area contributed by atoms with Gasteiger partial charge in [0.1, 0.15) is 6.61 Å². The largest absolute Gasteiger partial charge is 0.463 e. The highest BCUT2D eigenvalue weighted by atomic mass is 79.9. The molecule has 0 amide bonds. The number of carbonyl (C=O) groups excluding carboxylic acids is 1. The molecule has 0 bridgehead atoms. The number of alkyl halides is 1. The Labute approximate surface area is 116 Å². The number of hydrogen-bond acceptors (Lipinski definition) is 3. The fourth-order valence-electron chi connectivity index (χ4n) is 1.64. The van der Waals surface area contributed by atoms with Crippen LogP contribution in [0.3, 0.4) is 0 Å². The molecule has 1 aromatic rings. The summed E-state index contributed by atoms with van der Waals surface area (Å²) < 4.78 is 4.98. The topological polar surface area (TPSA) is 46.5 Å². The molecule has 1 atom stereocenters. The number of ether oxygens (including phenoxy) is 1. The molecule has 3 nitrogen and oxygen atoms in total. The second-order valence-corrected chi connectivity index (χ2v) is 5.93. The molecule has 0 aliphatic heterocycles. The third-order valence-corrected chi connectivity index (χ3v) is 3.58. The van der Waals surface area contributed by atoms with Crippen LogP contribution in [-0.4, -0.2) is 24.3 Å². The summed E-state index contributed by atoms with van der Waals surface area (Å²) >= 11 is 3.60. The Kier molecular flexibility index (Phi) is 5.82. The zero-order valence-corrected chi connectivity index (χ0v) is 12.3. The molecule has 4 heteroatoms. The Morgan fingerprint density at radius 2 is 2.00 bits per heavy atom. The van der Waals surface area contributed by atoms with Crippen molar-refractivity contribution in [3.05, 3.63) is 35.9 Å². The molecule has 0 heterocycles. The van der Waals surface area contributed by atoms with Gasteiger partial charge in [0.25, 0.3) is 0 Å². The second kappa shape index (κ2) is 6.90. The third kappa shape index (κ3) is 4.42. The Morgan fingerprint density at radius 1 is 1.39 bits per heavy atom. The molecule has 0 saturated carbocycles. The van der Waals surface area contributed by atoms with E-state index in [-0.39, 0.29) is 24.0 Å². The van der Waals surface area contributed by atoms with Gasteiger partial charge in [-0.15, -0.1) is 0 Å². The molecular formula is C14H19BrO3. The Bertz CT molecular complexity index is 376. The van der Waals surface area contributed by atoms with E-state index in [1.54, 1.807) is 0 Å². The van der Waals surface area contributed by atoms with Crippen molar-refractivity contribution in [1.82, 2.24) is 0 Å². The standard InChI is InChI=1S/C14H19BrO3/c1-14(2,13(17)18-9-8-16)10-12(15)11-6-4-3-5-7-11/h3-7,12,16H,8-10H2,1-2H3. The van der Waals surface area contributed by atoms with Crippen LogP contribution in [0.1, 0.15) is 30.7 Å². The van der Waals surface area contributed by atoms with Crippen molar-refractivity contribution in [1.29, 1.82) is 0 Å². The molecule has 0 aliphatic carbocycles. The quantitative estimate of drug-likeness (QED) is 0.648. The average Bonchev–Trinajstić information content (AvgIpc) is 2.36. The highest BCUT2D eigenvalue weighted by Gasteiger charge is 2.32. The summed E-state index contributed by atoms with van der Waals surface area (Å²) in [5.41, 5.74) is 0.555. The zero-order valence-electron chi connectivity index (χ0n) is 10.7. The Balaban J connectivity index is 2.62. The summed E-state index contributed by atoms with van der Waals surface area (Å²) in [6.07, 6.45) is 0.640. The maximum absolute atomic E-state index is 11.8. The minimum atomic E-state index is -0.584. The van der Waals surface area contributed by atoms with E-state index in [1.807, 2.05) is 44.2 Å².